The van der Waals surface area contributed by atoms with Crippen molar-refractivity contribution in [2.75, 3.05) is 20.2 Å². The second-order valence-electron chi connectivity index (χ2n) is 6.49. The number of carbonyl (C=O) groups excluding carboxylic acids is 1. The van der Waals surface area contributed by atoms with E-state index in [4.69, 9.17) is 4.74 Å². The molecule has 1 aromatic carbocycles. The van der Waals surface area contributed by atoms with Crippen molar-refractivity contribution < 1.29 is 9.53 Å². The fourth-order valence-corrected chi connectivity index (χ4v) is 3.58. The Hall–Kier alpha value is -1.55. The van der Waals surface area contributed by atoms with Gasteiger partial charge in [0, 0.05) is 31.6 Å². The van der Waals surface area contributed by atoms with Gasteiger partial charge in [0.25, 0.3) is 0 Å². The molecule has 1 saturated carbocycles. The Bertz CT molecular complexity index is 494. The van der Waals surface area contributed by atoms with E-state index in [2.05, 4.69) is 17.4 Å². The van der Waals surface area contributed by atoms with E-state index in [9.17, 15) is 4.79 Å². The number of rotatable bonds is 6. The van der Waals surface area contributed by atoms with Gasteiger partial charge in [0.1, 0.15) is 5.75 Å². The average Bonchev–Trinajstić information content (AvgIpc) is 3.16. The molecule has 22 heavy (non-hydrogen) atoms. The Balaban J connectivity index is 1.46. The standard InChI is InChI=1S/C18H26N2O2/c1-22-17-8-6-14(7-9-17)10-11-20-13-16(12-18(20)21)19-15-4-2-3-5-15/h6-9,15-16,19H,2-5,10-13H2,1H3. The average molecular weight is 302 g/mol. The largest absolute Gasteiger partial charge is 0.497 e. The van der Waals surface area contributed by atoms with Crippen molar-refractivity contribution in [1.82, 2.24) is 10.2 Å². The number of benzene rings is 1. The van der Waals surface area contributed by atoms with E-state index in [-0.39, 0.29) is 0 Å². The first-order chi connectivity index (χ1) is 10.7. The first-order valence-corrected chi connectivity index (χ1v) is 8.41. The monoisotopic (exact) mass is 302 g/mol. The minimum absolute atomic E-state index is 0.295. The maximum atomic E-state index is 12.1. The second kappa shape index (κ2) is 7.14. The van der Waals surface area contributed by atoms with Gasteiger partial charge >= 0.3 is 0 Å². The summed E-state index contributed by atoms with van der Waals surface area (Å²) in [5, 5.41) is 3.67. The first kappa shape index (κ1) is 15.3. The van der Waals surface area contributed by atoms with Crippen molar-refractivity contribution in [3.8, 4) is 5.75 Å². The molecular weight excluding hydrogens is 276 g/mol. The van der Waals surface area contributed by atoms with Crippen LogP contribution in [0.3, 0.4) is 0 Å². The summed E-state index contributed by atoms with van der Waals surface area (Å²) in [6.07, 6.45) is 6.79. The van der Waals surface area contributed by atoms with Crippen molar-refractivity contribution in [3.63, 3.8) is 0 Å². The van der Waals surface area contributed by atoms with E-state index in [0.29, 0.717) is 24.4 Å². The fraction of sp³-hybridized carbons (Fsp3) is 0.611. The molecule has 0 spiro atoms. The summed E-state index contributed by atoms with van der Waals surface area (Å²) < 4.78 is 5.17. The Morgan fingerprint density at radius 2 is 1.91 bits per heavy atom. The van der Waals surface area contributed by atoms with E-state index in [0.717, 1.165) is 25.3 Å². The van der Waals surface area contributed by atoms with Crippen molar-refractivity contribution in [2.45, 2.75) is 50.6 Å². The topological polar surface area (TPSA) is 41.6 Å². The number of nitrogens with zero attached hydrogens (tertiary/aromatic N) is 1. The van der Waals surface area contributed by atoms with E-state index >= 15 is 0 Å². The van der Waals surface area contributed by atoms with Crippen LogP contribution in [0.4, 0.5) is 0 Å². The molecule has 4 nitrogen and oxygen atoms in total. The van der Waals surface area contributed by atoms with Crippen LogP contribution >= 0.6 is 0 Å². The number of hydrogen-bond acceptors (Lipinski definition) is 3. The molecule has 0 bridgehead atoms. The predicted molar refractivity (Wildman–Crippen MR) is 87.1 cm³/mol. The summed E-state index contributed by atoms with van der Waals surface area (Å²) in [5.41, 5.74) is 1.25. The van der Waals surface area contributed by atoms with Crippen molar-refractivity contribution in [1.29, 1.82) is 0 Å². The van der Waals surface area contributed by atoms with Crippen molar-refractivity contribution in [2.24, 2.45) is 0 Å². The van der Waals surface area contributed by atoms with Crippen LogP contribution in [-0.4, -0.2) is 43.1 Å². The van der Waals surface area contributed by atoms with Gasteiger partial charge in [-0.05, 0) is 37.0 Å². The van der Waals surface area contributed by atoms with Crippen LogP contribution in [0.2, 0.25) is 0 Å². The molecule has 1 heterocycles. The Labute approximate surface area is 132 Å². The zero-order valence-electron chi connectivity index (χ0n) is 13.4. The molecule has 1 aliphatic heterocycles. The highest BCUT2D eigenvalue weighted by molar-refractivity contribution is 5.79. The first-order valence-electron chi connectivity index (χ1n) is 8.41. The van der Waals surface area contributed by atoms with Crippen molar-refractivity contribution in [3.05, 3.63) is 29.8 Å². The summed E-state index contributed by atoms with van der Waals surface area (Å²) in [6, 6.07) is 9.10. The maximum absolute atomic E-state index is 12.1. The molecule has 1 aliphatic carbocycles. The lowest BCUT2D eigenvalue weighted by atomic mass is 10.1. The van der Waals surface area contributed by atoms with Crippen LogP contribution in [0, 0.1) is 0 Å². The molecule has 0 radical (unpaired) electrons. The summed E-state index contributed by atoms with van der Waals surface area (Å²) in [5.74, 6) is 1.17. The van der Waals surface area contributed by atoms with Gasteiger partial charge in [-0.1, -0.05) is 25.0 Å². The van der Waals surface area contributed by atoms with E-state index in [1.165, 1.54) is 31.2 Å². The number of ether oxygens (including phenoxy) is 1. The van der Waals surface area contributed by atoms with Gasteiger partial charge < -0.3 is 15.0 Å². The minimum Gasteiger partial charge on any atom is -0.497 e. The molecule has 3 rings (SSSR count). The van der Waals surface area contributed by atoms with Gasteiger partial charge in [0.15, 0.2) is 0 Å². The van der Waals surface area contributed by atoms with Crippen LogP contribution in [0.15, 0.2) is 24.3 Å². The van der Waals surface area contributed by atoms with Crippen LogP contribution < -0.4 is 10.1 Å². The number of likely N-dealkylation sites (tertiary alicyclic amines) is 1. The quantitative estimate of drug-likeness (QED) is 0.877. The highest BCUT2D eigenvalue weighted by atomic mass is 16.5. The molecule has 1 aromatic rings. The highest BCUT2D eigenvalue weighted by Gasteiger charge is 2.31. The molecule has 2 fully saturated rings. The van der Waals surface area contributed by atoms with Gasteiger partial charge in [-0.2, -0.15) is 0 Å². The molecule has 1 N–H and O–H groups in total. The normalized spacial score (nSPS) is 22.5. The van der Waals surface area contributed by atoms with Crippen LogP contribution in [0.5, 0.6) is 5.75 Å². The molecule has 0 aromatic heterocycles. The lowest BCUT2D eigenvalue weighted by Gasteiger charge is -2.19. The zero-order valence-corrected chi connectivity index (χ0v) is 13.4. The SMILES string of the molecule is COc1ccc(CCN2CC(NC3CCCC3)CC2=O)cc1. The minimum atomic E-state index is 0.295. The molecule has 2 aliphatic rings. The van der Waals surface area contributed by atoms with Gasteiger partial charge in [0.05, 0.1) is 7.11 Å². The third-order valence-corrected chi connectivity index (χ3v) is 4.87. The Morgan fingerprint density at radius 3 is 2.59 bits per heavy atom. The number of methoxy groups -OCH3 is 1. The summed E-state index contributed by atoms with van der Waals surface area (Å²) in [6.45, 7) is 1.68. The summed E-state index contributed by atoms with van der Waals surface area (Å²) in [7, 11) is 1.68. The van der Waals surface area contributed by atoms with E-state index < -0.39 is 0 Å². The van der Waals surface area contributed by atoms with E-state index in [1.54, 1.807) is 7.11 Å². The lowest BCUT2D eigenvalue weighted by Crippen LogP contribution is -2.39. The second-order valence-corrected chi connectivity index (χ2v) is 6.49. The molecule has 4 heteroatoms. The third kappa shape index (κ3) is 3.80. The van der Waals surface area contributed by atoms with Gasteiger partial charge in [0.2, 0.25) is 5.91 Å². The third-order valence-electron chi connectivity index (χ3n) is 4.87. The van der Waals surface area contributed by atoms with Gasteiger partial charge in [-0.25, -0.2) is 0 Å². The molecule has 1 saturated heterocycles. The number of nitrogens with one attached hydrogen (secondary N) is 1. The van der Waals surface area contributed by atoms with Crippen molar-refractivity contribution >= 4 is 5.91 Å². The predicted octanol–water partition coefficient (Wildman–Crippen LogP) is 2.37. The fourth-order valence-electron chi connectivity index (χ4n) is 3.58. The molecule has 120 valence electrons. The summed E-state index contributed by atoms with van der Waals surface area (Å²) >= 11 is 0. The molecule has 1 unspecified atom stereocenters. The Kier molecular flexibility index (Phi) is 4.98. The number of hydrogen-bond donors (Lipinski definition) is 1. The van der Waals surface area contributed by atoms with Gasteiger partial charge in [-0.3, -0.25) is 4.79 Å². The number of carbonyl (C=O) groups is 1. The van der Waals surface area contributed by atoms with Crippen LogP contribution in [-0.2, 0) is 11.2 Å². The van der Waals surface area contributed by atoms with Gasteiger partial charge in [-0.15, -0.1) is 0 Å². The van der Waals surface area contributed by atoms with Crippen LogP contribution in [0.1, 0.15) is 37.7 Å². The summed E-state index contributed by atoms with van der Waals surface area (Å²) in [4.78, 5) is 14.2. The lowest BCUT2D eigenvalue weighted by molar-refractivity contribution is -0.127. The highest BCUT2D eigenvalue weighted by Crippen LogP contribution is 2.21. The zero-order chi connectivity index (χ0) is 15.4. The van der Waals surface area contributed by atoms with Crippen LogP contribution in [0.25, 0.3) is 0 Å². The Morgan fingerprint density at radius 1 is 1.18 bits per heavy atom. The molecule has 1 atom stereocenters. The molecular formula is C18H26N2O2. The number of amides is 1. The smallest absolute Gasteiger partial charge is 0.224 e. The maximum Gasteiger partial charge on any atom is 0.224 e. The molecule has 1 amide bonds. The van der Waals surface area contributed by atoms with E-state index in [1.807, 2.05) is 17.0 Å².